The van der Waals surface area contributed by atoms with Gasteiger partial charge in [0.2, 0.25) is 0 Å². The van der Waals surface area contributed by atoms with Crippen LogP contribution in [0.3, 0.4) is 0 Å². The first kappa shape index (κ1) is 11.7. The fourth-order valence-corrected chi connectivity index (χ4v) is 2.35. The topological polar surface area (TPSA) is 12.0 Å². The average Bonchev–Trinajstić information content (AvgIpc) is 2.18. The van der Waals surface area contributed by atoms with Crippen molar-refractivity contribution in [3.05, 3.63) is 34.9 Å². The van der Waals surface area contributed by atoms with Crippen LogP contribution < -0.4 is 5.32 Å². The molecule has 1 aliphatic carbocycles. The molecule has 0 unspecified atom stereocenters. The highest BCUT2D eigenvalue weighted by molar-refractivity contribution is 5.30. The van der Waals surface area contributed by atoms with E-state index < -0.39 is 0 Å². The normalized spacial score (nSPS) is 16.1. The van der Waals surface area contributed by atoms with E-state index in [1.807, 2.05) is 0 Å². The summed E-state index contributed by atoms with van der Waals surface area (Å²) in [5, 5.41) is 3.56. The summed E-state index contributed by atoms with van der Waals surface area (Å²) < 4.78 is 0. The van der Waals surface area contributed by atoms with Gasteiger partial charge in [-0.3, -0.25) is 0 Å². The molecular formula is C15H23N. The third-order valence-electron chi connectivity index (χ3n) is 3.77. The number of nitrogens with one attached hydrogen (secondary N) is 1. The van der Waals surface area contributed by atoms with E-state index in [1.54, 1.807) is 0 Å². The van der Waals surface area contributed by atoms with Crippen molar-refractivity contribution in [1.29, 1.82) is 0 Å². The van der Waals surface area contributed by atoms with Crippen molar-refractivity contribution in [2.45, 2.75) is 46.1 Å². The standard InChI is InChI=1S/C15H23N/c1-12-6-7-15(13(2)10-12)11-16-9-8-14-4-3-5-14/h6-7,10,14,16H,3-5,8-9,11H2,1-2H3. The van der Waals surface area contributed by atoms with Crippen LogP contribution >= 0.6 is 0 Å². The van der Waals surface area contributed by atoms with Crippen LogP contribution in [0.1, 0.15) is 42.4 Å². The number of rotatable bonds is 5. The van der Waals surface area contributed by atoms with Crippen LogP contribution in [0.25, 0.3) is 0 Å². The lowest BCUT2D eigenvalue weighted by Crippen LogP contribution is -2.21. The van der Waals surface area contributed by atoms with Crippen LogP contribution in [0.2, 0.25) is 0 Å². The molecule has 0 bridgehead atoms. The molecule has 0 heterocycles. The summed E-state index contributed by atoms with van der Waals surface area (Å²) in [7, 11) is 0. The Labute approximate surface area is 99.3 Å². The van der Waals surface area contributed by atoms with Gasteiger partial charge >= 0.3 is 0 Å². The van der Waals surface area contributed by atoms with Crippen molar-refractivity contribution in [3.8, 4) is 0 Å². The lowest BCUT2D eigenvalue weighted by Gasteiger charge is -2.25. The third kappa shape index (κ3) is 3.08. The fourth-order valence-electron chi connectivity index (χ4n) is 2.35. The molecule has 0 aliphatic heterocycles. The van der Waals surface area contributed by atoms with Crippen LogP contribution in [0, 0.1) is 19.8 Å². The van der Waals surface area contributed by atoms with E-state index in [2.05, 4.69) is 37.4 Å². The molecule has 1 aliphatic rings. The smallest absolute Gasteiger partial charge is 0.0208 e. The van der Waals surface area contributed by atoms with Crippen molar-refractivity contribution in [2.24, 2.45) is 5.92 Å². The largest absolute Gasteiger partial charge is 0.313 e. The molecule has 1 heteroatoms. The summed E-state index contributed by atoms with van der Waals surface area (Å²) in [6, 6.07) is 6.72. The monoisotopic (exact) mass is 217 g/mol. The number of hydrogen-bond acceptors (Lipinski definition) is 1. The lowest BCUT2D eigenvalue weighted by molar-refractivity contribution is 0.292. The molecule has 16 heavy (non-hydrogen) atoms. The summed E-state index contributed by atoms with van der Waals surface area (Å²) in [6.45, 7) is 6.56. The minimum Gasteiger partial charge on any atom is -0.313 e. The maximum absolute atomic E-state index is 3.56. The van der Waals surface area contributed by atoms with Crippen molar-refractivity contribution in [2.75, 3.05) is 6.54 Å². The van der Waals surface area contributed by atoms with Gasteiger partial charge in [-0.05, 0) is 43.9 Å². The predicted octanol–water partition coefficient (Wildman–Crippen LogP) is 3.58. The van der Waals surface area contributed by atoms with Crippen LogP contribution in [0.15, 0.2) is 18.2 Å². The second-order valence-corrected chi connectivity index (χ2v) is 5.19. The van der Waals surface area contributed by atoms with E-state index in [0.717, 1.165) is 12.5 Å². The van der Waals surface area contributed by atoms with Gasteiger partial charge in [0, 0.05) is 6.54 Å². The molecule has 1 nitrogen and oxygen atoms in total. The zero-order valence-corrected chi connectivity index (χ0v) is 10.6. The first-order valence-electron chi connectivity index (χ1n) is 6.52. The van der Waals surface area contributed by atoms with Crippen LogP contribution in [0.5, 0.6) is 0 Å². The molecule has 2 rings (SSSR count). The van der Waals surface area contributed by atoms with Crippen LogP contribution in [-0.4, -0.2) is 6.54 Å². The first-order valence-corrected chi connectivity index (χ1v) is 6.52. The van der Waals surface area contributed by atoms with Gasteiger partial charge in [0.05, 0.1) is 0 Å². The molecule has 0 radical (unpaired) electrons. The highest BCUT2D eigenvalue weighted by atomic mass is 14.8. The van der Waals surface area contributed by atoms with Crippen molar-refractivity contribution in [1.82, 2.24) is 5.32 Å². The highest BCUT2D eigenvalue weighted by Gasteiger charge is 2.16. The van der Waals surface area contributed by atoms with E-state index in [-0.39, 0.29) is 0 Å². The van der Waals surface area contributed by atoms with Gasteiger partial charge in [0.25, 0.3) is 0 Å². The maximum atomic E-state index is 3.56. The molecule has 1 aromatic rings. The van der Waals surface area contributed by atoms with Crippen molar-refractivity contribution < 1.29 is 0 Å². The number of benzene rings is 1. The summed E-state index contributed by atoms with van der Waals surface area (Å²) >= 11 is 0. The maximum Gasteiger partial charge on any atom is 0.0208 e. The minimum absolute atomic E-state index is 1.02. The quantitative estimate of drug-likeness (QED) is 0.743. The Morgan fingerprint density at radius 1 is 1.25 bits per heavy atom. The summed E-state index contributed by atoms with van der Waals surface area (Å²) in [4.78, 5) is 0. The minimum atomic E-state index is 1.02. The fraction of sp³-hybridized carbons (Fsp3) is 0.600. The van der Waals surface area contributed by atoms with Crippen LogP contribution in [-0.2, 0) is 6.54 Å². The molecular weight excluding hydrogens is 194 g/mol. The molecule has 0 atom stereocenters. The van der Waals surface area contributed by atoms with Crippen LogP contribution in [0.4, 0.5) is 0 Å². The molecule has 1 saturated carbocycles. The van der Waals surface area contributed by atoms with Crippen molar-refractivity contribution in [3.63, 3.8) is 0 Å². The van der Waals surface area contributed by atoms with Gasteiger partial charge < -0.3 is 5.32 Å². The van der Waals surface area contributed by atoms with E-state index in [1.165, 1.54) is 48.9 Å². The molecule has 1 fully saturated rings. The number of hydrogen-bond donors (Lipinski definition) is 1. The van der Waals surface area contributed by atoms with Gasteiger partial charge in [0.1, 0.15) is 0 Å². The summed E-state index contributed by atoms with van der Waals surface area (Å²) in [6.07, 6.45) is 5.75. The third-order valence-corrected chi connectivity index (χ3v) is 3.77. The SMILES string of the molecule is Cc1ccc(CNCCC2CCC2)c(C)c1. The average molecular weight is 217 g/mol. The first-order chi connectivity index (χ1) is 7.75. The molecule has 1 N–H and O–H groups in total. The number of aryl methyl sites for hydroxylation is 2. The zero-order valence-electron chi connectivity index (χ0n) is 10.6. The molecule has 0 aromatic heterocycles. The van der Waals surface area contributed by atoms with Gasteiger partial charge in [-0.2, -0.15) is 0 Å². The Kier molecular flexibility index (Phi) is 4.00. The molecule has 88 valence electrons. The Bertz CT molecular complexity index is 339. The molecule has 0 spiro atoms. The Morgan fingerprint density at radius 3 is 2.69 bits per heavy atom. The Hall–Kier alpha value is -0.820. The summed E-state index contributed by atoms with van der Waals surface area (Å²) in [5.41, 5.74) is 4.21. The van der Waals surface area contributed by atoms with Gasteiger partial charge in [-0.25, -0.2) is 0 Å². The van der Waals surface area contributed by atoms with E-state index >= 15 is 0 Å². The summed E-state index contributed by atoms with van der Waals surface area (Å²) in [5.74, 6) is 1.02. The zero-order chi connectivity index (χ0) is 11.4. The van der Waals surface area contributed by atoms with Gasteiger partial charge in [-0.15, -0.1) is 0 Å². The van der Waals surface area contributed by atoms with E-state index in [9.17, 15) is 0 Å². The second-order valence-electron chi connectivity index (χ2n) is 5.19. The lowest BCUT2D eigenvalue weighted by atomic mass is 9.83. The Balaban J connectivity index is 1.71. The van der Waals surface area contributed by atoms with Crippen molar-refractivity contribution >= 4 is 0 Å². The van der Waals surface area contributed by atoms with E-state index in [4.69, 9.17) is 0 Å². The van der Waals surface area contributed by atoms with E-state index in [0.29, 0.717) is 0 Å². The highest BCUT2D eigenvalue weighted by Crippen LogP contribution is 2.28. The van der Waals surface area contributed by atoms with Gasteiger partial charge in [0.15, 0.2) is 0 Å². The molecule has 1 aromatic carbocycles. The molecule has 0 saturated heterocycles. The molecule has 0 amide bonds. The predicted molar refractivity (Wildman–Crippen MR) is 69.6 cm³/mol. The Morgan fingerprint density at radius 2 is 2.06 bits per heavy atom. The second kappa shape index (κ2) is 5.49. The van der Waals surface area contributed by atoms with Gasteiger partial charge in [-0.1, -0.05) is 43.0 Å².